The molecule has 3 aromatic rings. The first-order chi connectivity index (χ1) is 16.3. The summed E-state index contributed by atoms with van der Waals surface area (Å²) in [7, 11) is 1.27. The van der Waals surface area contributed by atoms with E-state index in [1.54, 1.807) is 21.2 Å². The Morgan fingerprint density at radius 2 is 1.79 bits per heavy atom. The van der Waals surface area contributed by atoms with Crippen molar-refractivity contribution in [3.05, 3.63) is 54.4 Å². The Kier molecular flexibility index (Phi) is 7.20. The van der Waals surface area contributed by atoms with Crippen LogP contribution in [0.25, 0.3) is 10.9 Å². The second-order valence-electron chi connectivity index (χ2n) is 8.53. The second kappa shape index (κ2) is 10.1. The van der Waals surface area contributed by atoms with E-state index in [-0.39, 0.29) is 12.1 Å². The summed E-state index contributed by atoms with van der Waals surface area (Å²) >= 11 is 0. The van der Waals surface area contributed by atoms with E-state index in [2.05, 4.69) is 34.3 Å². The van der Waals surface area contributed by atoms with Gasteiger partial charge in [-0.05, 0) is 31.4 Å². The molecule has 1 saturated heterocycles. The first-order valence-electron chi connectivity index (χ1n) is 11.3. The molecule has 2 aromatic carbocycles. The van der Waals surface area contributed by atoms with Crippen LogP contribution < -0.4 is 14.8 Å². The molecule has 2 heterocycles. The fourth-order valence-electron chi connectivity index (χ4n) is 4.05. The number of fused-ring (bicyclic) bond motifs is 1. The van der Waals surface area contributed by atoms with Crippen molar-refractivity contribution in [2.45, 2.75) is 31.9 Å². The Morgan fingerprint density at radius 1 is 1.09 bits per heavy atom. The maximum Gasteiger partial charge on any atom is 0.281 e. The predicted molar refractivity (Wildman–Crippen MR) is 132 cm³/mol. The molecule has 4 rings (SSSR count). The molecular weight excluding hydrogens is 454 g/mol. The van der Waals surface area contributed by atoms with Crippen molar-refractivity contribution in [3.8, 4) is 11.5 Å². The smallest absolute Gasteiger partial charge is 0.281 e. The fraction of sp³-hybridized carbons (Fsp3) is 0.417. The summed E-state index contributed by atoms with van der Waals surface area (Å²) < 4.78 is 39.4. The van der Waals surface area contributed by atoms with Gasteiger partial charge in [0.05, 0.1) is 12.6 Å². The number of nitrogens with one attached hydrogen (secondary N) is 1. The predicted octanol–water partition coefficient (Wildman–Crippen LogP) is 3.46. The summed E-state index contributed by atoms with van der Waals surface area (Å²) in [5.41, 5.74) is 1.90. The fourth-order valence-corrected chi connectivity index (χ4v) is 5.19. The largest absolute Gasteiger partial charge is 0.493 e. The number of nitrogens with zero attached hydrogens (tertiary/aromatic N) is 4. The lowest BCUT2D eigenvalue weighted by Crippen LogP contribution is -2.46. The number of rotatable bonds is 8. The van der Waals surface area contributed by atoms with E-state index in [1.807, 2.05) is 30.3 Å². The van der Waals surface area contributed by atoms with Crippen LogP contribution in [-0.2, 0) is 10.2 Å². The van der Waals surface area contributed by atoms with Crippen molar-refractivity contribution in [2.24, 2.45) is 0 Å². The minimum absolute atomic E-state index is 0.0498. The quantitative estimate of drug-likeness (QED) is 0.522. The Balaban J connectivity index is 1.55. The molecule has 1 aliphatic rings. The van der Waals surface area contributed by atoms with Crippen LogP contribution in [0.5, 0.6) is 11.5 Å². The van der Waals surface area contributed by atoms with Crippen LogP contribution in [-0.4, -0.2) is 67.4 Å². The van der Waals surface area contributed by atoms with Crippen LogP contribution in [0.2, 0.25) is 0 Å². The van der Waals surface area contributed by atoms with Crippen LogP contribution in [0.3, 0.4) is 0 Å². The molecule has 1 aromatic heterocycles. The molecule has 0 unspecified atom stereocenters. The molecule has 0 saturated carbocycles. The monoisotopic (exact) mass is 485 g/mol. The van der Waals surface area contributed by atoms with Crippen molar-refractivity contribution < 1.29 is 17.9 Å². The number of hydrogen-bond donors (Lipinski definition) is 1. The summed E-state index contributed by atoms with van der Waals surface area (Å²) in [6, 6.07) is 14.0. The van der Waals surface area contributed by atoms with Gasteiger partial charge in [0.15, 0.2) is 11.5 Å². The third-order valence-electron chi connectivity index (χ3n) is 6.06. The van der Waals surface area contributed by atoms with E-state index in [9.17, 15) is 8.42 Å². The Labute approximate surface area is 200 Å². The minimum atomic E-state index is -3.42. The lowest BCUT2D eigenvalue weighted by Gasteiger charge is -2.33. The third kappa shape index (κ3) is 5.08. The first kappa shape index (κ1) is 24.2. The van der Waals surface area contributed by atoms with Crippen molar-refractivity contribution in [2.75, 3.05) is 39.6 Å². The molecule has 1 N–H and O–H groups in total. The molecule has 0 spiro atoms. The standard InChI is InChI=1S/C24H31N5O4S/c1-17(18-8-6-5-7-9-18)27-24-20-14-23(22(32-4)15-21(20)25-16-26-24)33-19-10-12-29(13-11-19)34(30,31)28(2)3/h5-9,14-17,19H,10-13H2,1-4H3,(H,25,26,27)/t17-/m1/s1. The van der Waals surface area contributed by atoms with Gasteiger partial charge < -0.3 is 14.8 Å². The summed E-state index contributed by atoms with van der Waals surface area (Å²) in [4.78, 5) is 8.88. The van der Waals surface area contributed by atoms with Crippen LogP contribution in [0.1, 0.15) is 31.4 Å². The average Bonchev–Trinajstić information content (AvgIpc) is 2.84. The zero-order chi connectivity index (χ0) is 24.3. The van der Waals surface area contributed by atoms with Crippen molar-refractivity contribution in [1.29, 1.82) is 0 Å². The van der Waals surface area contributed by atoms with E-state index >= 15 is 0 Å². The molecule has 1 fully saturated rings. The minimum Gasteiger partial charge on any atom is -0.493 e. The van der Waals surface area contributed by atoms with Gasteiger partial charge in [0.2, 0.25) is 0 Å². The number of anilines is 1. The van der Waals surface area contributed by atoms with Crippen molar-refractivity contribution >= 4 is 26.9 Å². The van der Waals surface area contributed by atoms with Gasteiger partial charge in [-0.3, -0.25) is 0 Å². The van der Waals surface area contributed by atoms with Crippen LogP contribution in [0, 0.1) is 0 Å². The number of methoxy groups -OCH3 is 1. The van der Waals surface area contributed by atoms with Gasteiger partial charge in [-0.15, -0.1) is 0 Å². The van der Waals surface area contributed by atoms with Gasteiger partial charge in [-0.1, -0.05) is 30.3 Å². The zero-order valence-electron chi connectivity index (χ0n) is 19.9. The summed E-state index contributed by atoms with van der Waals surface area (Å²) in [5, 5.41) is 4.30. The van der Waals surface area contributed by atoms with Gasteiger partial charge in [0, 0.05) is 44.7 Å². The van der Waals surface area contributed by atoms with Gasteiger partial charge in [-0.2, -0.15) is 17.0 Å². The molecule has 0 amide bonds. The lowest BCUT2D eigenvalue weighted by atomic mass is 10.1. The Morgan fingerprint density at radius 3 is 2.44 bits per heavy atom. The number of ether oxygens (including phenoxy) is 2. The van der Waals surface area contributed by atoms with Gasteiger partial charge >= 0.3 is 0 Å². The number of hydrogen-bond acceptors (Lipinski definition) is 7. The molecule has 1 atom stereocenters. The maximum atomic E-state index is 12.4. The van der Waals surface area contributed by atoms with E-state index in [4.69, 9.17) is 9.47 Å². The molecule has 0 bridgehead atoms. The molecular formula is C24H31N5O4S. The highest BCUT2D eigenvalue weighted by Crippen LogP contribution is 2.36. The van der Waals surface area contributed by atoms with Crippen LogP contribution >= 0.6 is 0 Å². The maximum absolute atomic E-state index is 12.4. The molecule has 34 heavy (non-hydrogen) atoms. The Bertz CT molecular complexity index is 1230. The van der Waals surface area contributed by atoms with Crippen molar-refractivity contribution in [3.63, 3.8) is 0 Å². The van der Waals surface area contributed by atoms with E-state index < -0.39 is 10.2 Å². The summed E-state index contributed by atoms with van der Waals surface area (Å²) in [6.07, 6.45) is 2.60. The molecule has 182 valence electrons. The highest BCUT2D eigenvalue weighted by molar-refractivity contribution is 7.86. The molecule has 9 nitrogen and oxygen atoms in total. The van der Waals surface area contributed by atoms with Crippen LogP contribution in [0.4, 0.5) is 5.82 Å². The normalized spacial score (nSPS) is 16.5. The lowest BCUT2D eigenvalue weighted by molar-refractivity contribution is 0.129. The molecule has 0 aliphatic carbocycles. The van der Waals surface area contributed by atoms with Crippen molar-refractivity contribution in [1.82, 2.24) is 18.6 Å². The van der Waals surface area contributed by atoms with E-state index in [1.165, 1.54) is 14.9 Å². The topological polar surface area (TPSA) is 96.9 Å². The summed E-state index contributed by atoms with van der Waals surface area (Å²) in [6.45, 7) is 2.90. The van der Waals surface area contributed by atoms with Crippen LogP contribution in [0.15, 0.2) is 48.8 Å². The van der Waals surface area contributed by atoms with Gasteiger partial charge in [-0.25, -0.2) is 9.97 Å². The average molecular weight is 486 g/mol. The third-order valence-corrected chi connectivity index (χ3v) is 8.00. The van der Waals surface area contributed by atoms with Gasteiger partial charge in [0.25, 0.3) is 10.2 Å². The SMILES string of the molecule is COc1cc2ncnc(N[C@H](C)c3ccccc3)c2cc1OC1CCN(S(=O)(=O)N(C)C)CC1. The number of piperidine rings is 1. The highest BCUT2D eigenvalue weighted by atomic mass is 32.2. The molecule has 0 radical (unpaired) electrons. The number of benzene rings is 2. The highest BCUT2D eigenvalue weighted by Gasteiger charge is 2.30. The van der Waals surface area contributed by atoms with Gasteiger partial charge in [0.1, 0.15) is 18.2 Å². The van der Waals surface area contributed by atoms with E-state index in [0.29, 0.717) is 43.2 Å². The van der Waals surface area contributed by atoms with E-state index in [0.717, 1.165) is 16.5 Å². The first-order valence-corrected chi connectivity index (χ1v) is 12.7. The number of aromatic nitrogens is 2. The summed E-state index contributed by atoms with van der Waals surface area (Å²) in [5.74, 6) is 1.88. The Hall–Kier alpha value is -2.95. The second-order valence-corrected chi connectivity index (χ2v) is 10.7. The molecule has 1 aliphatic heterocycles. The zero-order valence-corrected chi connectivity index (χ0v) is 20.7. The molecule has 10 heteroatoms.